The first kappa shape index (κ1) is 25.2. The molecule has 0 bridgehead atoms. The van der Waals surface area contributed by atoms with Crippen LogP contribution in [-0.2, 0) is 11.0 Å². The van der Waals surface area contributed by atoms with E-state index in [9.17, 15) is 23.1 Å². The lowest BCUT2D eigenvalue weighted by molar-refractivity contribution is -0.137. The van der Waals surface area contributed by atoms with E-state index in [0.717, 1.165) is 62.9 Å². The zero-order valence-corrected chi connectivity index (χ0v) is 18.9. The summed E-state index contributed by atoms with van der Waals surface area (Å²) in [5.41, 5.74) is 0.568. The van der Waals surface area contributed by atoms with Crippen molar-refractivity contribution in [2.45, 2.75) is 56.8 Å². The second-order valence-electron chi connectivity index (χ2n) is 9.04. The lowest BCUT2D eigenvalue weighted by Crippen LogP contribution is -2.47. The van der Waals surface area contributed by atoms with Gasteiger partial charge in [0.2, 0.25) is 5.91 Å². The van der Waals surface area contributed by atoms with E-state index in [2.05, 4.69) is 22.9 Å². The average Bonchev–Trinajstić information content (AvgIpc) is 3.29. The van der Waals surface area contributed by atoms with Crippen LogP contribution in [0.3, 0.4) is 0 Å². The molecule has 1 aromatic rings. The van der Waals surface area contributed by atoms with Crippen molar-refractivity contribution >= 4 is 5.91 Å². The molecule has 1 unspecified atom stereocenters. The summed E-state index contributed by atoms with van der Waals surface area (Å²) in [6, 6.07) is 3.91. The number of hydrogen-bond acceptors (Lipinski definition) is 3. The molecule has 1 aliphatic carbocycles. The zero-order valence-electron chi connectivity index (χ0n) is 18.9. The molecule has 0 saturated carbocycles. The summed E-state index contributed by atoms with van der Waals surface area (Å²) in [5, 5.41) is 14.0. The van der Waals surface area contributed by atoms with Gasteiger partial charge in [0.25, 0.3) is 0 Å². The fraction of sp³-hybridized carbons (Fsp3) is 0.500. The average molecular weight is 463 g/mol. The first-order chi connectivity index (χ1) is 15.7. The molecule has 0 spiro atoms. The Balaban J connectivity index is 1.68. The molecule has 1 fully saturated rings. The van der Waals surface area contributed by atoms with E-state index in [1.165, 1.54) is 12.1 Å². The van der Waals surface area contributed by atoms with Gasteiger partial charge in [-0.3, -0.25) is 4.79 Å². The van der Waals surface area contributed by atoms with E-state index in [1.54, 1.807) is 0 Å². The maximum atomic E-state index is 13.0. The molecule has 0 radical (unpaired) electrons. The first-order valence-corrected chi connectivity index (χ1v) is 11.6. The number of nitrogens with zero attached hydrogens (tertiary/aromatic N) is 1. The van der Waals surface area contributed by atoms with Crippen LogP contribution in [0.2, 0.25) is 0 Å². The maximum absolute atomic E-state index is 13.0. The van der Waals surface area contributed by atoms with E-state index in [1.807, 2.05) is 18.2 Å². The van der Waals surface area contributed by atoms with Crippen molar-refractivity contribution in [3.05, 3.63) is 71.8 Å². The number of allylic oxidation sites excluding steroid dienone is 5. The Hall–Kier alpha value is -2.38. The topological polar surface area (TPSA) is 52.6 Å². The lowest BCUT2D eigenvalue weighted by Gasteiger charge is -2.29. The van der Waals surface area contributed by atoms with Gasteiger partial charge in [0.05, 0.1) is 11.6 Å². The number of aliphatic hydroxyl groups is 1. The van der Waals surface area contributed by atoms with Gasteiger partial charge >= 0.3 is 6.18 Å². The Bertz CT molecular complexity index is 855. The van der Waals surface area contributed by atoms with Crippen LogP contribution in [-0.4, -0.2) is 41.6 Å². The molecular formula is C26H33F3N2O2. The molecule has 0 aromatic heterocycles. The summed E-state index contributed by atoms with van der Waals surface area (Å²) in [6.07, 6.45) is 7.34. The van der Waals surface area contributed by atoms with E-state index in [4.69, 9.17) is 0 Å². The van der Waals surface area contributed by atoms with Gasteiger partial charge in [0, 0.05) is 13.0 Å². The van der Waals surface area contributed by atoms with Gasteiger partial charge in [-0.05, 0) is 68.8 Å². The molecule has 2 aliphatic rings. The number of amides is 1. The van der Waals surface area contributed by atoms with Crippen molar-refractivity contribution in [3.63, 3.8) is 0 Å². The highest BCUT2D eigenvalue weighted by molar-refractivity contribution is 5.76. The summed E-state index contributed by atoms with van der Waals surface area (Å²) in [4.78, 5) is 15.1. The number of aliphatic hydroxyl groups excluding tert-OH is 1. The second-order valence-corrected chi connectivity index (χ2v) is 9.04. The van der Waals surface area contributed by atoms with Crippen molar-refractivity contribution in [2.24, 2.45) is 5.92 Å². The fourth-order valence-electron chi connectivity index (χ4n) is 4.51. The molecule has 1 heterocycles. The van der Waals surface area contributed by atoms with E-state index < -0.39 is 23.9 Å². The van der Waals surface area contributed by atoms with Gasteiger partial charge in [0.15, 0.2) is 0 Å². The molecule has 7 heteroatoms. The van der Waals surface area contributed by atoms with Crippen LogP contribution in [0.5, 0.6) is 0 Å². The first-order valence-electron chi connectivity index (χ1n) is 11.6. The molecule has 4 nitrogen and oxygen atoms in total. The Morgan fingerprint density at radius 3 is 2.55 bits per heavy atom. The molecule has 180 valence electrons. The maximum Gasteiger partial charge on any atom is 0.416 e. The second kappa shape index (κ2) is 11.7. The minimum absolute atomic E-state index is 0.139. The van der Waals surface area contributed by atoms with Gasteiger partial charge in [0.1, 0.15) is 6.10 Å². The number of rotatable bonds is 7. The normalized spacial score (nSPS) is 23.8. The molecule has 1 aliphatic heterocycles. The Morgan fingerprint density at radius 1 is 1.18 bits per heavy atom. The SMILES string of the molecule is C=C1/C=C\C=C/CCC(CC(=O)N[C@H](CN2CCCC2)[C@H](O)c2ccc(C(F)(F)F)cc2)C1. The number of carbonyl (C=O) groups is 1. The van der Waals surface area contributed by atoms with Crippen LogP contribution >= 0.6 is 0 Å². The monoisotopic (exact) mass is 462 g/mol. The number of benzene rings is 1. The molecule has 1 aromatic carbocycles. The van der Waals surface area contributed by atoms with Gasteiger partial charge in [-0.25, -0.2) is 0 Å². The fourth-order valence-corrected chi connectivity index (χ4v) is 4.51. The Labute approximate surface area is 193 Å². The molecule has 33 heavy (non-hydrogen) atoms. The third kappa shape index (κ3) is 7.86. The molecule has 3 rings (SSSR count). The Morgan fingerprint density at radius 2 is 1.88 bits per heavy atom. The lowest BCUT2D eigenvalue weighted by atomic mass is 9.91. The van der Waals surface area contributed by atoms with Gasteiger partial charge < -0.3 is 15.3 Å². The minimum atomic E-state index is -4.43. The highest BCUT2D eigenvalue weighted by atomic mass is 19.4. The molecule has 1 amide bonds. The number of hydrogen-bond donors (Lipinski definition) is 2. The van der Waals surface area contributed by atoms with Crippen molar-refractivity contribution in [1.82, 2.24) is 10.2 Å². The minimum Gasteiger partial charge on any atom is -0.386 e. The van der Waals surface area contributed by atoms with Crippen molar-refractivity contribution in [2.75, 3.05) is 19.6 Å². The van der Waals surface area contributed by atoms with E-state index in [-0.39, 0.29) is 11.8 Å². The number of nitrogens with one attached hydrogen (secondary N) is 1. The van der Waals surface area contributed by atoms with E-state index >= 15 is 0 Å². The molecule has 1 saturated heterocycles. The number of carbonyl (C=O) groups excluding carboxylic acids is 1. The summed E-state index contributed by atoms with van der Waals surface area (Å²) in [7, 11) is 0. The summed E-state index contributed by atoms with van der Waals surface area (Å²) in [5.74, 6) is -0.0179. The van der Waals surface area contributed by atoms with Gasteiger partial charge in [-0.1, -0.05) is 48.6 Å². The number of likely N-dealkylation sites (tertiary alicyclic amines) is 1. The highest BCUT2D eigenvalue weighted by Crippen LogP contribution is 2.31. The summed E-state index contributed by atoms with van der Waals surface area (Å²) >= 11 is 0. The van der Waals surface area contributed by atoms with Gasteiger partial charge in [-0.2, -0.15) is 13.2 Å². The molecular weight excluding hydrogens is 429 g/mol. The van der Waals surface area contributed by atoms with Crippen molar-refractivity contribution < 1.29 is 23.1 Å². The third-order valence-corrected chi connectivity index (χ3v) is 6.31. The van der Waals surface area contributed by atoms with Crippen molar-refractivity contribution in [3.8, 4) is 0 Å². The van der Waals surface area contributed by atoms with Crippen LogP contribution in [0, 0.1) is 5.92 Å². The van der Waals surface area contributed by atoms with Crippen LogP contribution in [0.4, 0.5) is 13.2 Å². The molecule has 3 atom stereocenters. The van der Waals surface area contributed by atoms with E-state index in [0.29, 0.717) is 18.5 Å². The largest absolute Gasteiger partial charge is 0.416 e. The summed E-state index contributed by atoms with van der Waals surface area (Å²) < 4.78 is 38.7. The Kier molecular flexibility index (Phi) is 8.92. The predicted octanol–water partition coefficient (Wildman–Crippen LogP) is 5.18. The predicted molar refractivity (Wildman–Crippen MR) is 123 cm³/mol. The standard InChI is InChI=1S/C26H33F3N2O2/c1-19-8-4-2-3-5-9-20(16-19)17-24(32)30-23(18-31-14-6-7-15-31)25(33)21-10-12-22(13-11-21)26(27,28)29/h2-4,8,10-13,20,23,25,33H,1,5-7,9,14-18H2,(H,30,32)/b3-2-,8-4-/t20?,23-,25-/m1/s1. The zero-order chi connectivity index (χ0) is 23.8. The molecule has 2 N–H and O–H groups in total. The van der Waals surface area contributed by atoms with Crippen LogP contribution < -0.4 is 5.32 Å². The third-order valence-electron chi connectivity index (χ3n) is 6.31. The van der Waals surface area contributed by atoms with Crippen LogP contribution in [0.25, 0.3) is 0 Å². The van der Waals surface area contributed by atoms with Crippen LogP contribution in [0.1, 0.15) is 55.8 Å². The highest BCUT2D eigenvalue weighted by Gasteiger charge is 2.31. The van der Waals surface area contributed by atoms with Crippen LogP contribution in [0.15, 0.2) is 60.7 Å². The van der Waals surface area contributed by atoms with Crippen molar-refractivity contribution in [1.29, 1.82) is 0 Å². The number of halogens is 3. The number of alkyl halides is 3. The summed E-state index contributed by atoms with van der Waals surface area (Å²) in [6.45, 7) is 6.28. The quantitative estimate of drug-likeness (QED) is 0.587. The smallest absolute Gasteiger partial charge is 0.386 e. The van der Waals surface area contributed by atoms with Gasteiger partial charge in [-0.15, -0.1) is 0 Å².